The van der Waals surface area contributed by atoms with E-state index in [1.54, 1.807) is 6.07 Å². The number of nitrogens with one attached hydrogen (secondary N) is 1. The number of thiazole rings is 1. The molecule has 120 valence electrons. The molecule has 0 unspecified atom stereocenters. The Labute approximate surface area is 138 Å². The van der Waals surface area contributed by atoms with Gasteiger partial charge >= 0.3 is 11.9 Å². The Bertz CT molecular complexity index is 965. The minimum Gasteiger partial charge on any atom is -0.478 e. The highest BCUT2D eigenvalue weighted by Gasteiger charge is 2.13. The zero-order chi connectivity index (χ0) is 17.3. The maximum absolute atomic E-state index is 12.1. The smallest absolute Gasteiger partial charge is 0.354 e. The molecule has 0 fully saturated rings. The molecule has 0 saturated carbocycles. The number of aromatic nitrogens is 2. The van der Waals surface area contributed by atoms with Crippen LogP contribution in [0.2, 0.25) is 0 Å². The molecule has 0 spiro atoms. The summed E-state index contributed by atoms with van der Waals surface area (Å²) in [6.07, 6.45) is 1.16. The molecule has 3 aromatic rings. The van der Waals surface area contributed by atoms with E-state index in [-0.39, 0.29) is 16.8 Å². The van der Waals surface area contributed by atoms with Gasteiger partial charge in [0.15, 0.2) is 5.13 Å². The van der Waals surface area contributed by atoms with E-state index < -0.39 is 17.8 Å². The number of rotatable bonds is 4. The van der Waals surface area contributed by atoms with Crippen LogP contribution in [0.25, 0.3) is 10.2 Å². The zero-order valence-electron chi connectivity index (χ0n) is 11.9. The highest BCUT2D eigenvalue weighted by molar-refractivity contribution is 7.22. The first-order chi connectivity index (χ1) is 11.4. The maximum atomic E-state index is 12.1. The van der Waals surface area contributed by atoms with Gasteiger partial charge in [-0.05, 0) is 30.3 Å². The van der Waals surface area contributed by atoms with Crippen LogP contribution in [0.4, 0.5) is 5.13 Å². The van der Waals surface area contributed by atoms with Crippen molar-refractivity contribution in [1.29, 1.82) is 0 Å². The third-order valence-electron chi connectivity index (χ3n) is 3.10. The number of amides is 1. The van der Waals surface area contributed by atoms with Crippen LogP contribution in [0.15, 0.2) is 36.5 Å². The summed E-state index contributed by atoms with van der Waals surface area (Å²) in [6, 6.07) is 7.06. The van der Waals surface area contributed by atoms with Gasteiger partial charge in [0.2, 0.25) is 0 Å². The van der Waals surface area contributed by atoms with E-state index in [0.717, 1.165) is 17.5 Å². The largest absolute Gasteiger partial charge is 0.478 e. The van der Waals surface area contributed by atoms with Crippen LogP contribution in [-0.2, 0) is 0 Å². The third kappa shape index (κ3) is 3.06. The van der Waals surface area contributed by atoms with Crippen LogP contribution in [0.1, 0.15) is 31.2 Å². The lowest BCUT2D eigenvalue weighted by Gasteiger charge is -2.01. The summed E-state index contributed by atoms with van der Waals surface area (Å²) in [7, 11) is 0. The van der Waals surface area contributed by atoms with E-state index in [4.69, 9.17) is 10.2 Å². The molecule has 2 aromatic heterocycles. The van der Waals surface area contributed by atoms with Crippen LogP contribution in [0.3, 0.4) is 0 Å². The number of benzene rings is 1. The second-order valence-electron chi connectivity index (χ2n) is 4.70. The fraction of sp³-hybridized carbons (Fsp3) is 0. The maximum Gasteiger partial charge on any atom is 0.354 e. The van der Waals surface area contributed by atoms with Crippen LogP contribution in [-0.4, -0.2) is 38.0 Å². The molecule has 0 aliphatic rings. The van der Waals surface area contributed by atoms with Crippen molar-refractivity contribution in [2.75, 3.05) is 5.32 Å². The van der Waals surface area contributed by atoms with Gasteiger partial charge in [0.25, 0.3) is 5.91 Å². The van der Waals surface area contributed by atoms with Crippen molar-refractivity contribution in [3.8, 4) is 0 Å². The number of anilines is 1. The van der Waals surface area contributed by atoms with E-state index in [2.05, 4.69) is 15.3 Å². The molecule has 3 rings (SSSR count). The van der Waals surface area contributed by atoms with Crippen molar-refractivity contribution >= 4 is 44.5 Å². The first-order valence-corrected chi connectivity index (χ1v) is 7.40. The van der Waals surface area contributed by atoms with Crippen molar-refractivity contribution in [2.24, 2.45) is 0 Å². The standard InChI is InChI=1S/C15H9N3O5S/c19-12(8-2-4-10(14(22)23)16-6-8)18-15-17-9-3-1-7(13(20)21)5-11(9)24-15/h1-6H,(H,20,21)(H,22,23)(H,17,18,19). The van der Waals surface area contributed by atoms with Crippen LogP contribution in [0, 0.1) is 0 Å². The van der Waals surface area contributed by atoms with Gasteiger partial charge in [0, 0.05) is 6.20 Å². The number of fused-ring (bicyclic) bond motifs is 1. The molecule has 24 heavy (non-hydrogen) atoms. The first-order valence-electron chi connectivity index (χ1n) is 6.58. The molecule has 1 aromatic carbocycles. The van der Waals surface area contributed by atoms with E-state index >= 15 is 0 Å². The molecule has 0 aliphatic heterocycles. The van der Waals surface area contributed by atoms with E-state index in [1.165, 1.54) is 24.3 Å². The fourth-order valence-electron chi connectivity index (χ4n) is 1.94. The van der Waals surface area contributed by atoms with Crippen molar-refractivity contribution < 1.29 is 24.6 Å². The number of hydrogen-bond donors (Lipinski definition) is 3. The summed E-state index contributed by atoms with van der Waals surface area (Å²) in [6.45, 7) is 0. The number of nitrogens with zero attached hydrogens (tertiary/aromatic N) is 2. The predicted octanol–water partition coefficient (Wildman–Crippen LogP) is 2.34. The summed E-state index contributed by atoms with van der Waals surface area (Å²) >= 11 is 1.14. The lowest BCUT2D eigenvalue weighted by Crippen LogP contribution is -2.12. The third-order valence-corrected chi connectivity index (χ3v) is 4.03. The Balaban J connectivity index is 1.82. The molecule has 9 heteroatoms. The summed E-state index contributed by atoms with van der Waals surface area (Å²) in [5.74, 6) is -2.71. The Kier molecular flexibility index (Phi) is 3.92. The molecular formula is C15H9N3O5S. The predicted molar refractivity (Wildman–Crippen MR) is 85.7 cm³/mol. The summed E-state index contributed by atoms with van der Waals surface area (Å²) in [5, 5.41) is 20.6. The molecule has 8 nitrogen and oxygen atoms in total. The highest BCUT2D eigenvalue weighted by Crippen LogP contribution is 2.27. The molecule has 2 heterocycles. The van der Waals surface area contributed by atoms with Gasteiger partial charge in [-0.3, -0.25) is 10.1 Å². The highest BCUT2D eigenvalue weighted by atomic mass is 32.1. The van der Waals surface area contributed by atoms with Crippen molar-refractivity contribution in [3.63, 3.8) is 0 Å². The van der Waals surface area contributed by atoms with Gasteiger partial charge < -0.3 is 10.2 Å². The van der Waals surface area contributed by atoms with Crippen LogP contribution < -0.4 is 5.32 Å². The monoisotopic (exact) mass is 343 g/mol. The summed E-state index contributed by atoms with van der Waals surface area (Å²) in [4.78, 5) is 41.7. The van der Waals surface area contributed by atoms with Crippen LogP contribution >= 0.6 is 11.3 Å². The van der Waals surface area contributed by atoms with Crippen molar-refractivity contribution in [1.82, 2.24) is 9.97 Å². The minimum absolute atomic E-state index is 0.137. The van der Waals surface area contributed by atoms with Gasteiger partial charge in [-0.1, -0.05) is 11.3 Å². The normalized spacial score (nSPS) is 10.5. The summed E-state index contributed by atoms with van der Waals surface area (Å²) in [5.41, 5.74) is 0.732. The molecule has 0 bridgehead atoms. The van der Waals surface area contributed by atoms with Crippen LogP contribution in [0.5, 0.6) is 0 Å². The van der Waals surface area contributed by atoms with Gasteiger partial charge in [0.1, 0.15) is 5.69 Å². The number of hydrogen-bond acceptors (Lipinski definition) is 6. The Morgan fingerprint density at radius 2 is 1.75 bits per heavy atom. The Hall–Kier alpha value is -3.33. The number of carbonyl (C=O) groups is 3. The fourth-order valence-corrected chi connectivity index (χ4v) is 2.84. The van der Waals surface area contributed by atoms with Gasteiger partial charge in [-0.15, -0.1) is 0 Å². The second kappa shape index (κ2) is 6.05. The minimum atomic E-state index is -1.18. The number of carbonyl (C=O) groups excluding carboxylic acids is 1. The lowest BCUT2D eigenvalue weighted by atomic mass is 10.2. The Morgan fingerprint density at radius 1 is 1.00 bits per heavy atom. The van der Waals surface area contributed by atoms with Gasteiger partial charge in [0.05, 0.1) is 21.3 Å². The number of carboxylic acids is 2. The molecule has 3 N–H and O–H groups in total. The number of pyridine rings is 1. The average Bonchev–Trinajstić information content (AvgIpc) is 2.96. The molecular weight excluding hydrogens is 334 g/mol. The van der Waals surface area contributed by atoms with E-state index in [9.17, 15) is 14.4 Å². The number of carboxylic acid groups (broad SMARTS) is 2. The zero-order valence-corrected chi connectivity index (χ0v) is 12.7. The number of aromatic carboxylic acids is 2. The summed E-state index contributed by atoms with van der Waals surface area (Å²) < 4.78 is 0.629. The van der Waals surface area contributed by atoms with Gasteiger partial charge in [-0.25, -0.2) is 19.6 Å². The van der Waals surface area contributed by atoms with Crippen molar-refractivity contribution in [3.05, 3.63) is 53.3 Å². The first kappa shape index (κ1) is 15.6. The van der Waals surface area contributed by atoms with E-state index in [0.29, 0.717) is 15.3 Å². The molecule has 1 amide bonds. The molecule has 0 aliphatic carbocycles. The van der Waals surface area contributed by atoms with E-state index in [1.807, 2.05) is 0 Å². The molecule has 0 radical (unpaired) electrons. The van der Waals surface area contributed by atoms with Gasteiger partial charge in [-0.2, -0.15) is 0 Å². The lowest BCUT2D eigenvalue weighted by molar-refractivity contribution is 0.0682. The SMILES string of the molecule is O=C(O)c1ccc2nc(NC(=O)c3ccc(C(=O)O)nc3)sc2c1. The second-order valence-corrected chi connectivity index (χ2v) is 5.73. The topological polar surface area (TPSA) is 129 Å². The quantitative estimate of drug-likeness (QED) is 0.663. The molecule has 0 atom stereocenters. The Morgan fingerprint density at radius 3 is 2.38 bits per heavy atom. The molecule has 0 saturated heterocycles. The van der Waals surface area contributed by atoms with Crippen molar-refractivity contribution in [2.45, 2.75) is 0 Å². The average molecular weight is 343 g/mol.